The number of pyridine rings is 1. The Kier molecular flexibility index (Phi) is 6.81. The lowest BCUT2D eigenvalue weighted by Gasteiger charge is -2.35. The lowest BCUT2D eigenvalue weighted by atomic mass is 10.0. The van der Waals surface area contributed by atoms with Crippen LogP contribution in [0.3, 0.4) is 0 Å². The number of furan rings is 1. The van der Waals surface area contributed by atoms with Crippen LogP contribution in [0.4, 0.5) is 0 Å². The summed E-state index contributed by atoms with van der Waals surface area (Å²) in [5.41, 5.74) is 3.99. The maximum absolute atomic E-state index is 13.2. The van der Waals surface area contributed by atoms with Crippen molar-refractivity contribution in [3.8, 4) is 0 Å². The average Bonchev–Trinajstić information content (AvgIpc) is 3.61. The Morgan fingerprint density at radius 3 is 2.80 bits per heavy atom. The maximum Gasteiger partial charge on any atom is 0.252 e. The molecule has 0 radical (unpaired) electrons. The second-order valence-electron chi connectivity index (χ2n) is 9.86. The molecule has 8 heteroatoms. The van der Waals surface area contributed by atoms with Gasteiger partial charge in [0.15, 0.2) is 5.82 Å². The third-order valence-electron chi connectivity index (χ3n) is 7.22. The van der Waals surface area contributed by atoms with Crippen LogP contribution in [0.1, 0.15) is 79.8 Å². The van der Waals surface area contributed by atoms with E-state index >= 15 is 0 Å². The predicted molar refractivity (Wildman–Crippen MR) is 135 cm³/mol. The van der Waals surface area contributed by atoms with Gasteiger partial charge in [-0.25, -0.2) is 4.68 Å². The van der Waals surface area contributed by atoms with Gasteiger partial charge in [-0.3, -0.25) is 9.69 Å². The fraction of sp³-hybridized carbons (Fsp3) is 0.481. The molecular weight excluding hydrogens is 440 g/mol. The van der Waals surface area contributed by atoms with E-state index in [1.54, 1.807) is 6.26 Å². The highest BCUT2D eigenvalue weighted by atomic mass is 16.3. The summed E-state index contributed by atoms with van der Waals surface area (Å²) in [6.45, 7) is 7.39. The number of rotatable bonds is 9. The van der Waals surface area contributed by atoms with Gasteiger partial charge in [-0.15, -0.1) is 5.10 Å². The third-order valence-corrected chi connectivity index (χ3v) is 7.22. The molecule has 0 amide bonds. The Balaban J connectivity index is 1.53. The molecule has 3 heterocycles. The molecule has 1 N–H and O–H groups in total. The topological polar surface area (TPSA) is 92.8 Å². The monoisotopic (exact) mass is 474 g/mol. The molecule has 0 unspecified atom stereocenters. The first kappa shape index (κ1) is 23.5. The Bertz CT molecular complexity index is 1330. The molecule has 0 aliphatic heterocycles. The highest BCUT2D eigenvalue weighted by Gasteiger charge is 2.33. The Labute approximate surface area is 205 Å². The maximum atomic E-state index is 13.2. The van der Waals surface area contributed by atoms with Crippen LogP contribution in [-0.2, 0) is 13.1 Å². The minimum Gasteiger partial charge on any atom is -0.467 e. The lowest BCUT2D eigenvalue weighted by Crippen LogP contribution is -2.39. The van der Waals surface area contributed by atoms with Gasteiger partial charge in [0.1, 0.15) is 12.3 Å². The first-order valence-electron chi connectivity index (χ1n) is 12.7. The average molecular weight is 475 g/mol. The number of hydrogen-bond acceptors (Lipinski definition) is 6. The molecule has 0 saturated heterocycles. The van der Waals surface area contributed by atoms with E-state index < -0.39 is 0 Å². The van der Waals surface area contributed by atoms with Gasteiger partial charge >= 0.3 is 0 Å². The molecule has 1 saturated carbocycles. The Hall–Kier alpha value is -3.26. The number of hydrogen-bond donors (Lipinski definition) is 1. The first-order chi connectivity index (χ1) is 17.0. The van der Waals surface area contributed by atoms with Crippen LogP contribution in [-0.4, -0.2) is 36.1 Å². The smallest absolute Gasteiger partial charge is 0.252 e. The fourth-order valence-corrected chi connectivity index (χ4v) is 5.61. The van der Waals surface area contributed by atoms with Crippen LogP contribution >= 0.6 is 0 Å². The number of nitrogens with zero attached hydrogens (tertiary/aromatic N) is 5. The number of aryl methyl sites for hydroxylation is 2. The number of benzene rings is 1. The number of fused-ring (bicyclic) bond motifs is 1. The molecule has 184 valence electrons. The van der Waals surface area contributed by atoms with Gasteiger partial charge in [0, 0.05) is 18.2 Å². The van der Waals surface area contributed by atoms with Crippen molar-refractivity contribution in [2.45, 2.75) is 84.5 Å². The zero-order valence-electron chi connectivity index (χ0n) is 20.8. The molecule has 1 fully saturated rings. The van der Waals surface area contributed by atoms with E-state index in [1.807, 2.05) is 23.7 Å². The van der Waals surface area contributed by atoms with E-state index in [1.165, 1.54) is 18.4 Å². The summed E-state index contributed by atoms with van der Waals surface area (Å²) < 4.78 is 7.40. The number of aromatic nitrogens is 5. The van der Waals surface area contributed by atoms with Crippen LogP contribution in [0.15, 0.2) is 45.8 Å². The van der Waals surface area contributed by atoms with Crippen LogP contribution in [0, 0.1) is 13.8 Å². The highest BCUT2D eigenvalue weighted by Crippen LogP contribution is 2.34. The van der Waals surface area contributed by atoms with Gasteiger partial charge in [-0.1, -0.05) is 37.8 Å². The van der Waals surface area contributed by atoms with Gasteiger partial charge in [-0.05, 0) is 78.8 Å². The van der Waals surface area contributed by atoms with E-state index in [9.17, 15) is 4.79 Å². The molecule has 8 nitrogen and oxygen atoms in total. The normalized spacial score (nSPS) is 15.4. The van der Waals surface area contributed by atoms with Crippen molar-refractivity contribution in [3.63, 3.8) is 0 Å². The van der Waals surface area contributed by atoms with Crippen molar-refractivity contribution in [2.24, 2.45) is 0 Å². The largest absolute Gasteiger partial charge is 0.467 e. The summed E-state index contributed by atoms with van der Waals surface area (Å²) in [5.74, 6) is 1.65. The quantitative estimate of drug-likeness (QED) is 0.365. The van der Waals surface area contributed by atoms with Crippen LogP contribution in [0.2, 0.25) is 0 Å². The van der Waals surface area contributed by atoms with Crippen LogP contribution in [0.5, 0.6) is 0 Å². The Morgan fingerprint density at radius 2 is 2.06 bits per heavy atom. The van der Waals surface area contributed by atoms with E-state index in [0.717, 1.165) is 59.3 Å². The summed E-state index contributed by atoms with van der Waals surface area (Å²) in [7, 11) is 0. The van der Waals surface area contributed by atoms with Crippen molar-refractivity contribution in [1.82, 2.24) is 30.1 Å². The molecule has 0 bridgehead atoms. The van der Waals surface area contributed by atoms with Crippen molar-refractivity contribution < 1.29 is 4.42 Å². The molecule has 1 aliphatic rings. The molecule has 35 heavy (non-hydrogen) atoms. The Morgan fingerprint density at radius 1 is 1.23 bits per heavy atom. The SMILES string of the molecule is CCC[C@H](c1nnnn1Cc1ccco1)N(Cc1cc2cc(C)cc(C)c2[nH]c1=O)C1CCCC1. The predicted octanol–water partition coefficient (Wildman–Crippen LogP) is 5.06. The molecule has 0 spiro atoms. The van der Waals surface area contributed by atoms with Crippen molar-refractivity contribution in [2.75, 3.05) is 0 Å². The van der Waals surface area contributed by atoms with Crippen molar-refractivity contribution >= 4 is 10.9 Å². The zero-order chi connectivity index (χ0) is 24.4. The van der Waals surface area contributed by atoms with E-state index in [0.29, 0.717) is 19.1 Å². The van der Waals surface area contributed by atoms with Gasteiger partial charge < -0.3 is 9.40 Å². The minimum absolute atomic E-state index is 0.0159. The van der Waals surface area contributed by atoms with Gasteiger partial charge in [0.05, 0.1) is 17.8 Å². The van der Waals surface area contributed by atoms with Gasteiger partial charge in [0.25, 0.3) is 5.56 Å². The van der Waals surface area contributed by atoms with E-state index in [-0.39, 0.29) is 11.6 Å². The molecule has 1 aliphatic carbocycles. The van der Waals surface area contributed by atoms with Crippen LogP contribution in [0.25, 0.3) is 10.9 Å². The zero-order valence-corrected chi connectivity index (χ0v) is 20.8. The summed E-state index contributed by atoms with van der Waals surface area (Å²) in [6, 6.07) is 10.6. The summed E-state index contributed by atoms with van der Waals surface area (Å²) in [4.78, 5) is 18.9. The molecule has 4 aromatic rings. The summed E-state index contributed by atoms with van der Waals surface area (Å²) in [6.07, 6.45) is 8.26. The molecule has 3 aromatic heterocycles. The van der Waals surface area contributed by atoms with E-state index in [2.05, 4.69) is 57.5 Å². The molecule has 1 aromatic carbocycles. The first-order valence-corrected chi connectivity index (χ1v) is 12.7. The number of tetrazole rings is 1. The van der Waals surface area contributed by atoms with Gasteiger partial charge in [0.2, 0.25) is 0 Å². The van der Waals surface area contributed by atoms with Crippen LogP contribution < -0.4 is 5.56 Å². The molecular formula is C27H34N6O2. The second kappa shape index (κ2) is 10.2. The number of H-pyrrole nitrogens is 1. The molecule has 5 rings (SSSR count). The van der Waals surface area contributed by atoms with E-state index in [4.69, 9.17) is 4.42 Å². The fourth-order valence-electron chi connectivity index (χ4n) is 5.61. The second-order valence-corrected chi connectivity index (χ2v) is 9.86. The highest BCUT2D eigenvalue weighted by molar-refractivity contribution is 5.82. The summed E-state index contributed by atoms with van der Waals surface area (Å²) >= 11 is 0. The minimum atomic E-state index is -0.0159. The number of nitrogens with one attached hydrogen (secondary N) is 1. The number of aromatic amines is 1. The third kappa shape index (κ3) is 4.93. The lowest BCUT2D eigenvalue weighted by molar-refractivity contribution is 0.108. The van der Waals surface area contributed by atoms with Gasteiger partial charge in [-0.2, -0.15) is 0 Å². The summed E-state index contributed by atoms with van der Waals surface area (Å²) in [5, 5.41) is 13.9. The standard InChI is InChI=1S/C27H34N6O2/c1-4-8-24(26-29-30-31-33(26)17-23-11-7-12-35-23)32(22-9-5-6-10-22)16-21-15-20-14-18(2)13-19(3)25(20)28-27(21)34/h7,11-15,22,24H,4-6,8-10,16-17H2,1-3H3,(H,28,34)/t24-/m1/s1. The van der Waals surface area contributed by atoms with Crippen molar-refractivity contribution in [3.05, 3.63) is 75.2 Å². The molecule has 1 atom stereocenters. The van der Waals surface area contributed by atoms with Crippen molar-refractivity contribution in [1.29, 1.82) is 0 Å².